The lowest BCUT2D eigenvalue weighted by Crippen LogP contribution is -2.18. The zero-order valence-electron chi connectivity index (χ0n) is 9.90. The molecule has 1 aliphatic carbocycles. The first kappa shape index (κ1) is 12.7. The summed E-state index contributed by atoms with van der Waals surface area (Å²) in [6.07, 6.45) is 0.534. The van der Waals surface area contributed by atoms with Gasteiger partial charge in [-0.2, -0.15) is 8.78 Å². The first-order valence-corrected chi connectivity index (χ1v) is 5.79. The van der Waals surface area contributed by atoms with E-state index in [-0.39, 0.29) is 11.6 Å². The van der Waals surface area contributed by atoms with Crippen LogP contribution < -0.4 is 0 Å². The minimum Gasteiger partial charge on any atom is -0.258 e. The number of allylic oxidation sites excluding steroid dienone is 1. The minimum atomic E-state index is -1.78. The highest BCUT2D eigenvalue weighted by Gasteiger charge is 2.32. The number of halogens is 2. The van der Waals surface area contributed by atoms with Gasteiger partial charge in [0.05, 0.1) is 4.92 Å². The Labute approximate surface area is 103 Å². The van der Waals surface area contributed by atoms with E-state index in [1.807, 2.05) is 6.92 Å². The SMILES string of the molecule is CC1CCc2cccc([N+](=O)[O-])c2C1C=C(F)F. The van der Waals surface area contributed by atoms with Gasteiger partial charge in [-0.05, 0) is 30.4 Å². The Morgan fingerprint density at radius 1 is 1.50 bits per heavy atom. The molecule has 2 rings (SSSR count). The van der Waals surface area contributed by atoms with Crippen LogP contribution in [0.25, 0.3) is 0 Å². The van der Waals surface area contributed by atoms with E-state index >= 15 is 0 Å². The summed E-state index contributed by atoms with van der Waals surface area (Å²) in [6, 6.07) is 4.78. The topological polar surface area (TPSA) is 43.1 Å². The zero-order valence-corrected chi connectivity index (χ0v) is 9.90. The number of hydrogen-bond acceptors (Lipinski definition) is 2. The van der Waals surface area contributed by atoms with Crippen LogP contribution in [0.5, 0.6) is 0 Å². The van der Waals surface area contributed by atoms with Gasteiger partial charge in [0, 0.05) is 17.5 Å². The third kappa shape index (κ3) is 2.25. The third-order valence-electron chi connectivity index (χ3n) is 3.49. The van der Waals surface area contributed by atoms with Gasteiger partial charge in [0.25, 0.3) is 11.8 Å². The largest absolute Gasteiger partial charge is 0.273 e. The van der Waals surface area contributed by atoms with Crippen molar-refractivity contribution in [2.24, 2.45) is 5.92 Å². The lowest BCUT2D eigenvalue weighted by atomic mass is 9.75. The molecule has 2 atom stereocenters. The molecule has 0 radical (unpaired) electrons. The third-order valence-corrected chi connectivity index (χ3v) is 3.49. The molecule has 5 heteroatoms. The van der Waals surface area contributed by atoms with Crippen LogP contribution in [-0.4, -0.2) is 4.92 Å². The van der Waals surface area contributed by atoms with Gasteiger partial charge >= 0.3 is 0 Å². The van der Waals surface area contributed by atoms with Gasteiger partial charge in [0.15, 0.2) is 0 Å². The molecule has 0 aliphatic heterocycles. The molecule has 0 fully saturated rings. The fourth-order valence-electron chi connectivity index (χ4n) is 2.59. The van der Waals surface area contributed by atoms with Crippen LogP contribution >= 0.6 is 0 Å². The first-order chi connectivity index (χ1) is 8.50. The summed E-state index contributed by atoms with van der Waals surface area (Å²) in [5.74, 6) is -0.583. The van der Waals surface area contributed by atoms with E-state index in [9.17, 15) is 18.9 Å². The normalized spacial score (nSPS) is 22.2. The summed E-state index contributed by atoms with van der Waals surface area (Å²) in [7, 11) is 0. The van der Waals surface area contributed by atoms with E-state index in [1.54, 1.807) is 12.1 Å². The summed E-state index contributed by atoms with van der Waals surface area (Å²) in [5.41, 5.74) is 1.21. The maximum absolute atomic E-state index is 12.5. The van der Waals surface area contributed by atoms with E-state index in [0.717, 1.165) is 18.1 Å². The number of nitro groups is 1. The monoisotopic (exact) mass is 253 g/mol. The number of hydrogen-bond donors (Lipinski definition) is 0. The second kappa shape index (κ2) is 4.84. The summed E-state index contributed by atoms with van der Waals surface area (Å²) in [4.78, 5) is 10.5. The molecule has 0 spiro atoms. The number of benzene rings is 1. The zero-order chi connectivity index (χ0) is 13.3. The summed E-state index contributed by atoms with van der Waals surface area (Å²) < 4.78 is 25.0. The molecule has 0 saturated heterocycles. The Balaban J connectivity index is 2.60. The molecule has 2 unspecified atom stereocenters. The van der Waals surface area contributed by atoms with Gasteiger partial charge in [-0.15, -0.1) is 0 Å². The molecule has 0 N–H and O–H groups in total. The van der Waals surface area contributed by atoms with Crippen molar-refractivity contribution in [1.29, 1.82) is 0 Å². The second-order valence-electron chi connectivity index (χ2n) is 4.61. The smallest absolute Gasteiger partial charge is 0.258 e. The Kier molecular flexibility index (Phi) is 3.41. The molecular formula is C13H13F2NO2. The predicted octanol–water partition coefficient (Wildman–Crippen LogP) is 4.04. The number of aryl methyl sites for hydroxylation is 1. The van der Waals surface area contributed by atoms with Crippen LogP contribution in [0.1, 0.15) is 30.4 Å². The maximum Gasteiger partial charge on any atom is 0.273 e. The number of nitro benzene ring substituents is 1. The average molecular weight is 253 g/mol. The number of nitrogens with zero attached hydrogens (tertiary/aromatic N) is 1. The van der Waals surface area contributed by atoms with Crippen molar-refractivity contribution < 1.29 is 13.7 Å². The molecule has 1 aromatic rings. The van der Waals surface area contributed by atoms with Crippen molar-refractivity contribution in [3.63, 3.8) is 0 Å². The highest BCUT2D eigenvalue weighted by Crippen LogP contribution is 2.42. The summed E-state index contributed by atoms with van der Waals surface area (Å²) in [5, 5.41) is 11.0. The second-order valence-corrected chi connectivity index (χ2v) is 4.61. The maximum atomic E-state index is 12.5. The molecule has 1 aromatic carbocycles. The van der Waals surface area contributed by atoms with Crippen LogP contribution in [-0.2, 0) is 6.42 Å². The van der Waals surface area contributed by atoms with Crippen molar-refractivity contribution in [3.8, 4) is 0 Å². The number of rotatable bonds is 2. The van der Waals surface area contributed by atoms with Crippen LogP contribution in [0.4, 0.5) is 14.5 Å². The standard InChI is InChI=1S/C13H13F2NO2/c1-8-5-6-9-3-2-4-11(16(17)18)13(9)10(8)7-12(14)15/h2-4,7-8,10H,5-6H2,1H3. The molecule has 0 aromatic heterocycles. The summed E-state index contributed by atoms with van der Waals surface area (Å²) >= 11 is 0. The lowest BCUT2D eigenvalue weighted by molar-refractivity contribution is -0.385. The molecule has 96 valence electrons. The van der Waals surface area contributed by atoms with Gasteiger partial charge in [0.1, 0.15) is 0 Å². The van der Waals surface area contributed by atoms with Crippen LogP contribution in [0.15, 0.2) is 30.4 Å². The molecular weight excluding hydrogens is 240 g/mol. The molecule has 18 heavy (non-hydrogen) atoms. The Morgan fingerprint density at radius 2 is 2.22 bits per heavy atom. The molecule has 1 aliphatic rings. The average Bonchev–Trinajstić information content (AvgIpc) is 2.31. The molecule has 3 nitrogen and oxygen atoms in total. The molecule has 0 saturated carbocycles. The van der Waals surface area contributed by atoms with E-state index in [1.165, 1.54) is 6.07 Å². The number of fused-ring (bicyclic) bond motifs is 1. The van der Waals surface area contributed by atoms with Crippen molar-refractivity contribution in [1.82, 2.24) is 0 Å². The first-order valence-electron chi connectivity index (χ1n) is 5.79. The molecule has 0 bridgehead atoms. The quantitative estimate of drug-likeness (QED) is 0.589. The summed E-state index contributed by atoms with van der Waals surface area (Å²) in [6.45, 7) is 1.85. The van der Waals surface area contributed by atoms with Crippen LogP contribution in [0, 0.1) is 16.0 Å². The fourth-order valence-corrected chi connectivity index (χ4v) is 2.59. The van der Waals surface area contributed by atoms with Crippen molar-refractivity contribution in [3.05, 3.63) is 51.6 Å². The van der Waals surface area contributed by atoms with E-state index in [0.29, 0.717) is 12.0 Å². The van der Waals surface area contributed by atoms with Gasteiger partial charge in [0.2, 0.25) is 0 Å². The van der Waals surface area contributed by atoms with Crippen LogP contribution in [0.2, 0.25) is 0 Å². The van der Waals surface area contributed by atoms with Crippen molar-refractivity contribution in [2.45, 2.75) is 25.7 Å². The highest BCUT2D eigenvalue weighted by atomic mass is 19.3. The van der Waals surface area contributed by atoms with Crippen LogP contribution in [0.3, 0.4) is 0 Å². The molecule has 0 amide bonds. The molecule has 0 heterocycles. The van der Waals surface area contributed by atoms with E-state index < -0.39 is 16.9 Å². The van der Waals surface area contributed by atoms with Gasteiger partial charge in [-0.25, -0.2) is 0 Å². The Hall–Kier alpha value is -1.78. The van der Waals surface area contributed by atoms with Gasteiger partial charge in [-0.3, -0.25) is 10.1 Å². The highest BCUT2D eigenvalue weighted by molar-refractivity contribution is 5.51. The predicted molar refractivity (Wildman–Crippen MR) is 63.6 cm³/mol. The lowest BCUT2D eigenvalue weighted by Gasteiger charge is -2.28. The van der Waals surface area contributed by atoms with E-state index in [2.05, 4.69) is 0 Å². The minimum absolute atomic E-state index is 0.0138. The Morgan fingerprint density at radius 3 is 2.83 bits per heavy atom. The van der Waals surface area contributed by atoms with Gasteiger partial charge in [-0.1, -0.05) is 19.1 Å². The van der Waals surface area contributed by atoms with Crippen molar-refractivity contribution in [2.75, 3.05) is 0 Å². The fraction of sp³-hybridized carbons (Fsp3) is 0.385. The van der Waals surface area contributed by atoms with Gasteiger partial charge < -0.3 is 0 Å². The Bertz CT molecular complexity index is 510. The van der Waals surface area contributed by atoms with E-state index in [4.69, 9.17) is 0 Å². The van der Waals surface area contributed by atoms with Crippen molar-refractivity contribution >= 4 is 5.69 Å².